The molecule has 2 atom stereocenters. The second-order valence-electron chi connectivity index (χ2n) is 4.77. The molecule has 1 heterocycles. The highest BCUT2D eigenvalue weighted by Crippen LogP contribution is 2.21. The fraction of sp³-hybridized carbons (Fsp3) is 0.571. The van der Waals surface area contributed by atoms with Gasteiger partial charge in [-0.1, -0.05) is 38.1 Å². The maximum Gasteiger partial charge on any atom is -0.00142 e. The number of hydrogen-bond acceptors (Lipinski definition) is 1. The minimum absolute atomic E-state index is 0.829. The molecule has 0 amide bonds. The highest BCUT2D eigenvalue weighted by Gasteiger charge is 2.22. The maximum atomic E-state index is 3.46. The Kier molecular flexibility index (Phi) is 3.42. The molecule has 1 aliphatic heterocycles. The molecule has 1 N–H and O–H groups in total. The zero-order valence-corrected chi connectivity index (χ0v) is 9.79. The molecular formula is C14H21N. The summed E-state index contributed by atoms with van der Waals surface area (Å²) in [7, 11) is 0. The summed E-state index contributed by atoms with van der Waals surface area (Å²) >= 11 is 0. The van der Waals surface area contributed by atoms with Gasteiger partial charge in [0.2, 0.25) is 0 Å². The Morgan fingerprint density at radius 2 is 1.80 bits per heavy atom. The van der Waals surface area contributed by atoms with Crippen LogP contribution in [0.25, 0.3) is 0 Å². The van der Waals surface area contributed by atoms with Crippen molar-refractivity contribution in [2.75, 3.05) is 13.1 Å². The first kappa shape index (κ1) is 10.7. The van der Waals surface area contributed by atoms with Crippen molar-refractivity contribution in [1.29, 1.82) is 0 Å². The molecule has 0 aliphatic carbocycles. The lowest BCUT2D eigenvalue weighted by atomic mass is 9.91. The van der Waals surface area contributed by atoms with Gasteiger partial charge in [-0.2, -0.15) is 0 Å². The number of hydrogen-bond donors (Lipinski definition) is 1. The first-order chi connectivity index (χ1) is 7.29. The SMILES string of the molecule is CCc1ccc(C[C@@H]2CNC[C@H]2C)cc1. The number of aryl methyl sites for hydroxylation is 1. The van der Waals surface area contributed by atoms with Crippen molar-refractivity contribution in [1.82, 2.24) is 5.32 Å². The van der Waals surface area contributed by atoms with Gasteiger partial charge in [0.05, 0.1) is 0 Å². The second kappa shape index (κ2) is 4.80. The molecule has 0 spiro atoms. The van der Waals surface area contributed by atoms with Crippen LogP contribution in [-0.4, -0.2) is 13.1 Å². The van der Waals surface area contributed by atoms with Crippen LogP contribution in [0, 0.1) is 11.8 Å². The molecule has 0 aromatic heterocycles. The number of rotatable bonds is 3. The van der Waals surface area contributed by atoms with E-state index in [-0.39, 0.29) is 0 Å². The highest BCUT2D eigenvalue weighted by molar-refractivity contribution is 5.23. The lowest BCUT2D eigenvalue weighted by molar-refractivity contribution is 0.450. The van der Waals surface area contributed by atoms with Crippen molar-refractivity contribution in [3.63, 3.8) is 0 Å². The summed E-state index contributed by atoms with van der Waals surface area (Å²) in [6.07, 6.45) is 2.37. The quantitative estimate of drug-likeness (QED) is 0.796. The van der Waals surface area contributed by atoms with E-state index in [1.807, 2.05) is 0 Å². The van der Waals surface area contributed by atoms with Crippen molar-refractivity contribution in [2.45, 2.75) is 26.7 Å². The van der Waals surface area contributed by atoms with Crippen molar-refractivity contribution in [2.24, 2.45) is 11.8 Å². The van der Waals surface area contributed by atoms with E-state index in [1.54, 1.807) is 0 Å². The largest absolute Gasteiger partial charge is 0.316 e. The van der Waals surface area contributed by atoms with E-state index in [0.717, 1.165) is 18.3 Å². The van der Waals surface area contributed by atoms with Crippen LogP contribution in [0.2, 0.25) is 0 Å². The Morgan fingerprint density at radius 3 is 2.33 bits per heavy atom. The summed E-state index contributed by atoms with van der Waals surface area (Å²) in [6.45, 7) is 6.94. The molecule has 15 heavy (non-hydrogen) atoms. The Morgan fingerprint density at radius 1 is 1.13 bits per heavy atom. The highest BCUT2D eigenvalue weighted by atomic mass is 14.9. The van der Waals surface area contributed by atoms with E-state index in [1.165, 1.54) is 30.6 Å². The summed E-state index contributed by atoms with van der Waals surface area (Å²) in [5.74, 6) is 1.66. The molecule has 1 aromatic carbocycles. The summed E-state index contributed by atoms with van der Waals surface area (Å²) in [4.78, 5) is 0. The molecule has 82 valence electrons. The molecule has 1 nitrogen and oxygen atoms in total. The van der Waals surface area contributed by atoms with E-state index in [2.05, 4.69) is 43.4 Å². The smallest absolute Gasteiger partial charge is 0.00142 e. The van der Waals surface area contributed by atoms with Crippen molar-refractivity contribution >= 4 is 0 Å². The number of benzene rings is 1. The Bertz CT molecular complexity index is 302. The van der Waals surface area contributed by atoms with Gasteiger partial charge in [0.15, 0.2) is 0 Å². The van der Waals surface area contributed by atoms with Crippen LogP contribution >= 0.6 is 0 Å². The third-order valence-electron chi connectivity index (χ3n) is 3.61. The van der Waals surface area contributed by atoms with Crippen LogP contribution in [0.15, 0.2) is 24.3 Å². The average Bonchev–Trinajstić information content (AvgIpc) is 2.66. The van der Waals surface area contributed by atoms with Crippen LogP contribution in [0.4, 0.5) is 0 Å². The van der Waals surface area contributed by atoms with E-state index >= 15 is 0 Å². The van der Waals surface area contributed by atoms with Gasteiger partial charge in [0.1, 0.15) is 0 Å². The summed E-state index contributed by atoms with van der Waals surface area (Å²) in [5, 5.41) is 3.46. The predicted molar refractivity (Wildman–Crippen MR) is 65.0 cm³/mol. The molecule has 0 bridgehead atoms. The van der Waals surface area contributed by atoms with Gasteiger partial charge in [-0.3, -0.25) is 0 Å². The summed E-state index contributed by atoms with van der Waals surface area (Å²) in [5.41, 5.74) is 2.93. The van der Waals surface area contributed by atoms with E-state index in [0.29, 0.717) is 0 Å². The monoisotopic (exact) mass is 203 g/mol. The first-order valence-electron chi connectivity index (χ1n) is 6.08. The Labute approximate surface area is 92.9 Å². The summed E-state index contributed by atoms with van der Waals surface area (Å²) in [6, 6.07) is 9.12. The zero-order valence-electron chi connectivity index (χ0n) is 9.79. The molecule has 0 unspecified atom stereocenters. The van der Waals surface area contributed by atoms with Gasteiger partial charge in [0.25, 0.3) is 0 Å². The summed E-state index contributed by atoms with van der Waals surface area (Å²) < 4.78 is 0. The van der Waals surface area contributed by atoms with Gasteiger partial charge >= 0.3 is 0 Å². The molecule has 0 radical (unpaired) electrons. The minimum Gasteiger partial charge on any atom is -0.316 e. The van der Waals surface area contributed by atoms with Crippen molar-refractivity contribution < 1.29 is 0 Å². The lowest BCUT2D eigenvalue weighted by Gasteiger charge is -2.14. The molecule has 1 saturated heterocycles. The van der Waals surface area contributed by atoms with E-state index < -0.39 is 0 Å². The standard InChI is InChI=1S/C14H21N/c1-3-12-4-6-13(7-5-12)8-14-10-15-9-11(14)2/h4-7,11,14-15H,3,8-10H2,1-2H3/t11-,14-/m1/s1. The van der Waals surface area contributed by atoms with Gasteiger partial charge in [-0.25, -0.2) is 0 Å². The predicted octanol–water partition coefficient (Wildman–Crippen LogP) is 2.65. The zero-order chi connectivity index (χ0) is 10.7. The van der Waals surface area contributed by atoms with Crippen molar-refractivity contribution in [3.8, 4) is 0 Å². The molecule has 1 aromatic rings. The normalized spacial score (nSPS) is 25.7. The molecule has 2 rings (SSSR count). The maximum absolute atomic E-state index is 3.46. The topological polar surface area (TPSA) is 12.0 Å². The lowest BCUT2D eigenvalue weighted by Crippen LogP contribution is -2.12. The molecule has 1 heteroatoms. The number of nitrogens with one attached hydrogen (secondary N) is 1. The first-order valence-corrected chi connectivity index (χ1v) is 6.08. The van der Waals surface area contributed by atoms with E-state index in [9.17, 15) is 0 Å². The van der Waals surface area contributed by atoms with Gasteiger partial charge in [-0.15, -0.1) is 0 Å². The van der Waals surface area contributed by atoms with Crippen LogP contribution in [-0.2, 0) is 12.8 Å². The fourth-order valence-electron chi connectivity index (χ4n) is 2.35. The second-order valence-corrected chi connectivity index (χ2v) is 4.77. The third kappa shape index (κ3) is 2.60. The van der Waals surface area contributed by atoms with Gasteiger partial charge in [0, 0.05) is 0 Å². The molecule has 1 aliphatic rings. The van der Waals surface area contributed by atoms with Crippen LogP contribution in [0.5, 0.6) is 0 Å². The molecule has 1 fully saturated rings. The van der Waals surface area contributed by atoms with Gasteiger partial charge < -0.3 is 5.32 Å². The van der Waals surface area contributed by atoms with Crippen LogP contribution < -0.4 is 5.32 Å². The van der Waals surface area contributed by atoms with Gasteiger partial charge in [-0.05, 0) is 48.9 Å². The minimum atomic E-state index is 0.829. The Hall–Kier alpha value is -0.820. The molecule has 0 saturated carbocycles. The van der Waals surface area contributed by atoms with Crippen molar-refractivity contribution in [3.05, 3.63) is 35.4 Å². The fourth-order valence-corrected chi connectivity index (χ4v) is 2.35. The Balaban J connectivity index is 1.98. The van der Waals surface area contributed by atoms with Crippen LogP contribution in [0.1, 0.15) is 25.0 Å². The average molecular weight is 203 g/mol. The third-order valence-corrected chi connectivity index (χ3v) is 3.61. The van der Waals surface area contributed by atoms with Crippen LogP contribution in [0.3, 0.4) is 0 Å². The molecular weight excluding hydrogens is 182 g/mol. The van der Waals surface area contributed by atoms with E-state index in [4.69, 9.17) is 0 Å².